The van der Waals surface area contributed by atoms with E-state index in [-0.39, 0.29) is 5.91 Å². The number of fused-ring (bicyclic) bond motifs is 1. The lowest BCUT2D eigenvalue weighted by Crippen LogP contribution is -2.34. The minimum absolute atomic E-state index is 0.0640. The lowest BCUT2D eigenvalue weighted by molar-refractivity contribution is -0.126. The van der Waals surface area contributed by atoms with Crippen LogP contribution in [0, 0.1) is 6.92 Å². The molecule has 0 saturated carbocycles. The van der Waals surface area contributed by atoms with Gasteiger partial charge in [-0.2, -0.15) is 0 Å². The van der Waals surface area contributed by atoms with Crippen molar-refractivity contribution >= 4 is 22.4 Å². The molecule has 0 N–H and O–H groups in total. The quantitative estimate of drug-likeness (QED) is 0.488. The number of para-hydroxylation sites is 1. The second-order valence-electron chi connectivity index (χ2n) is 8.02. The molecule has 4 rings (SSSR count). The number of allylic oxidation sites excluding steroid dienone is 1. The van der Waals surface area contributed by atoms with Crippen molar-refractivity contribution < 1.29 is 18.7 Å². The van der Waals surface area contributed by atoms with E-state index in [0.29, 0.717) is 0 Å². The molecule has 2 aromatic carbocycles. The second-order valence-corrected chi connectivity index (χ2v) is 8.02. The maximum Gasteiger partial charge on any atom is 0.246 e. The van der Waals surface area contributed by atoms with E-state index in [1.165, 1.54) is 6.42 Å². The van der Waals surface area contributed by atoms with Crippen molar-refractivity contribution in [2.24, 2.45) is 0 Å². The topological polar surface area (TPSA) is 51.9 Å². The van der Waals surface area contributed by atoms with Crippen LogP contribution >= 0.6 is 0 Å². The molecular formula is C26H29NO4. The van der Waals surface area contributed by atoms with E-state index in [1.807, 2.05) is 43.0 Å². The molecule has 0 radical (unpaired) electrons. The van der Waals surface area contributed by atoms with Crippen molar-refractivity contribution in [3.8, 4) is 22.6 Å². The molecule has 31 heavy (non-hydrogen) atoms. The number of benzene rings is 2. The van der Waals surface area contributed by atoms with Gasteiger partial charge < -0.3 is 18.8 Å². The van der Waals surface area contributed by atoms with Gasteiger partial charge in [0.1, 0.15) is 17.1 Å². The zero-order valence-corrected chi connectivity index (χ0v) is 18.7. The maximum absolute atomic E-state index is 12.8. The van der Waals surface area contributed by atoms with E-state index < -0.39 is 0 Å². The first-order chi connectivity index (χ1) is 15.0. The molecule has 0 bridgehead atoms. The van der Waals surface area contributed by atoms with Crippen molar-refractivity contribution in [2.45, 2.75) is 33.1 Å². The maximum atomic E-state index is 12.8. The summed E-state index contributed by atoms with van der Waals surface area (Å²) in [5.74, 6) is 1.58. The number of hydrogen-bond acceptors (Lipinski definition) is 4. The van der Waals surface area contributed by atoms with Crippen LogP contribution in [0.4, 0.5) is 0 Å². The molecule has 5 nitrogen and oxygen atoms in total. The highest BCUT2D eigenvalue weighted by molar-refractivity contribution is 6.02. The molecule has 1 amide bonds. The highest BCUT2D eigenvalue weighted by Gasteiger charge is 2.21. The number of methoxy groups -OCH3 is 2. The van der Waals surface area contributed by atoms with Crippen molar-refractivity contribution in [3.05, 3.63) is 53.8 Å². The fourth-order valence-corrected chi connectivity index (χ4v) is 4.42. The van der Waals surface area contributed by atoms with Gasteiger partial charge in [-0.3, -0.25) is 4.79 Å². The molecule has 0 spiro atoms. The van der Waals surface area contributed by atoms with Crippen molar-refractivity contribution in [1.29, 1.82) is 0 Å². The van der Waals surface area contributed by atoms with Crippen LogP contribution in [0.2, 0.25) is 0 Å². The Labute approximate surface area is 183 Å². The zero-order chi connectivity index (χ0) is 22.0. The summed E-state index contributed by atoms with van der Waals surface area (Å²) in [6.07, 6.45) is 6.84. The van der Waals surface area contributed by atoms with E-state index >= 15 is 0 Å². The molecule has 1 aliphatic rings. The second kappa shape index (κ2) is 8.88. The van der Waals surface area contributed by atoms with Gasteiger partial charge >= 0.3 is 0 Å². The van der Waals surface area contributed by atoms with Crippen LogP contribution < -0.4 is 9.47 Å². The third kappa shape index (κ3) is 3.92. The van der Waals surface area contributed by atoms with Gasteiger partial charge in [-0.15, -0.1) is 0 Å². The van der Waals surface area contributed by atoms with Crippen LogP contribution in [0.15, 0.2) is 47.1 Å². The van der Waals surface area contributed by atoms with Gasteiger partial charge in [0.15, 0.2) is 0 Å². The number of amides is 1. The van der Waals surface area contributed by atoms with E-state index in [4.69, 9.17) is 13.9 Å². The van der Waals surface area contributed by atoms with E-state index in [2.05, 4.69) is 6.07 Å². The summed E-state index contributed by atoms with van der Waals surface area (Å²) >= 11 is 0. The molecule has 1 aliphatic heterocycles. The van der Waals surface area contributed by atoms with Gasteiger partial charge in [0.25, 0.3) is 0 Å². The first-order valence-electron chi connectivity index (χ1n) is 10.7. The normalized spacial score (nSPS) is 14.7. The predicted octanol–water partition coefficient (Wildman–Crippen LogP) is 5.84. The number of carbonyl (C=O) groups is 1. The molecule has 3 aromatic rings. The van der Waals surface area contributed by atoms with Gasteiger partial charge in [0.05, 0.1) is 20.5 Å². The Morgan fingerprint density at radius 1 is 1.06 bits per heavy atom. The zero-order valence-electron chi connectivity index (χ0n) is 18.7. The average Bonchev–Trinajstić information content (AvgIpc) is 3.23. The van der Waals surface area contributed by atoms with Crippen LogP contribution in [-0.2, 0) is 4.79 Å². The number of carbonyl (C=O) groups excluding carboxylic acids is 1. The van der Waals surface area contributed by atoms with Crippen LogP contribution in [0.25, 0.3) is 27.7 Å². The van der Waals surface area contributed by atoms with Crippen molar-refractivity contribution in [1.82, 2.24) is 4.90 Å². The SMILES string of the molecule is COc1ccccc1-c1coc2c(C)c(OC)c(/C(C)=C/C(=O)N3CCCCC3)cc12. The summed E-state index contributed by atoms with van der Waals surface area (Å²) in [7, 11) is 3.32. The van der Waals surface area contributed by atoms with E-state index in [9.17, 15) is 4.79 Å². The molecule has 5 heteroatoms. The Kier molecular flexibility index (Phi) is 6.03. The molecular weight excluding hydrogens is 390 g/mol. The van der Waals surface area contributed by atoms with E-state index in [1.54, 1.807) is 26.6 Å². The number of furan rings is 1. The van der Waals surface area contributed by atoms with Crippen LogP contribution in [0.1, 0.15) is 37.3 Å². The summed E-state index contributed by atoms with van der Waals surface area (Å²) in [6, 6.07) is 9.94. The molecule has 1 aromatic heterocycles. The lowest BCUT2D eigenvalue weighted by atomic mass is 9.96. The standard InChI is InChI=1S/C26H29NO4/c1-17(14-24(28)27-12-8-5-9-13-27)20-15-21-22(19-10-6-7-11-23(19)29-3)16-31-26(21)18(2)25(20)30-4/h6-7,10-11,14-16H,5,8-9,12-13H2,1-4H3/b17-14+. The Bertz CT molecular complexity index is 1140. The van der Waals surface area contributed by atoms with Crippen molar-refractivity contribution in [3.63, 3.8) is 0 Å². The summed E-state index contributed by atoms with van der Waals surface area (Å²) < 4.78 is 17.3. The van der Waals surface area contributed by atoms with Crippen molar-refractivity contribution in [2.75, 3.05) is 27.3 Å². The van der Waals surface area contributed by atoms with Gasteiger partial charge in [-0.1, -0.05) is 18.2 Å². The number of rotatable bonds is 5. The highest BCUT2D eigenvalue weighted by Crippen LogP contribution is 2.42. The number of hydrogen-bond donors (Lipinski definition) is 0. The predicted molar refractivity (Wildman–Crippen MR) is 124 cm³/mol. The number of ether oxygens (including phenoxy) is 2. The fourth-order valence-electron chi connectivity index (χ4n) is 4.42. The Hall–Kier alpha value is -3.21. The summed E-state index contributed by atoms with van der Waals surface area (Å²) in [6.45, 7) is 5.61. The highest BCUT2D eigenvalue weighted by atomic mass is 16.5. The largest absolute Gasteiger partial charge is 0.496 e. The average molecular weight is 420 g/mol. The monoisotopic (exact) mass is 419 g/mol. The van der Waals surface area contributed by atoms with Gasteiger partial charge in [-0.25, -0.2) is 0 Å². The molecule has 0 atom stereocenters. The summed E-state index contributed by atoms with van der Waals surface area (Å²) in [4.78, 5) is 14.8. The van der Waals surface area contributed by atoms with E-state index in [0.717, 1.165) is 76.2 Å². The molecule has 1 fully saturated rings. The minimum Gasteiger partial charge on any atom is -0.496 e. The molecule has 2 heterocycles. The van der Waals surface area contributed by atoms with Crippen LogP contribution in [0.3, 0.4) is 0 Å². The number of nitrogens with zero attached hydrogens (tertiary/aromatic N) is 1. The molecule has 162 valence electrons. The number of piperidine rings is 1. The molecule has 0 aliphatic carbocycles. The number of likely N-dealkylation sites (tertiary alicyclic amines) is 1. The van der Waals surface area contributed by atoms with Gasteiger partial charge in [0, 0.05) is 46.8 Å². The summed E-state index contributed by atoms with van der Waals surface area (Å²) in [5, 5.41) is 0.968. The third-order valence-corrected chi connectivity index (χ3v) is 6.08. The minimum atomic E-state index is 0.0640. The first kappa shape index (κ1) is 21.0. The third-order valence-electron chi connectivity index (χ3n) is 6.08. The number of aryl methyl sites for hydroxylation is 1. The fraction of sp³-hybridized carbons (Fsp3) is 0.346. The van der Waals surface area contributed by atoms with Crippen LogP contribution in [0.5, 0.6) is 11.5 Å². The van der Waals surface area contributed by atoms with Gasteiger partial charge in [-0.05, 0) is 50.8 Å². The van der Waals surface area contributed by atoms with Gasteiger partial charge in [0.2, 0.25) is 5.91 Å². The van der Waals surface area contributed by atoms with Crippen LogP contribution in [-0.4, -0.2) is 38.1 Å². The Morgan fingerprint density at radius 2 is 1.81 bits per heavy atom. The Morgan fingerprint density at radius 3 is 2.52 bits per heavy atom. The Balaban J connectivity index is 1.83. The smallest absolute Gasteiger partial charge is 0.246 e. The molecule has 0 unspecified atom stereocenters. The summed E-state index contributed by atoms with van der Waals surface area (Å²) in [5.41, 5.74) is 5.38. The molecule has 1 saturated heterocycles. The first-order valence-corrected chi connectivity index (χ1v) is 10.7. The lowest BCUT2D eigenvalue weighted by Gasteiger charge is -2.25.